The summed E-state index contributed by atoms with van der Waals surface area (Å²) >= 11 is 0. The summed E-state index contributed by atoms with van der Waals surface area (Å²) in [5, 5.41) is 0. The average molecular weight is 300 g/mol. The van der Waals surface area contributed by atoms with Crippen LogP contribution in [0.25, 0.3) is 0 Å². The fraction of sp³-hybridized carbons (Fsp3) is 0.571. The molecule has 0 radical (unpaired) electrons. The van der Waals surface area contributed by atoms with Crippen molar-refractivity contribution < 1.29 is 4.79 Å². The van der Waals surface area contributed by atoms with E-state index in [0.717, 1.165) is 25.7 Å². The van der Waals surface area contributed by atoms with Gasteiger partial charge in [0.05, 0.1) is 0 Å². The molecule has 0 amide bonds. The molecule has 0 aliphatic carbocycles. The third-order valence-corrected chi connectivity index (χ3v) is 3.77. The summed E-state index contributed by atoms with van der Waals surface area (Å²) < 4.78 is 0. The van der Waals surface area contributed by atoms with Gasteiger partial charge >= 0.3 is 0 Å². The lowest BCUT2D eigenvalue weighted by atomic mass is 9.94. The highest BCUT2D eigenvalue weighted by molar-refractivity contribution is 5.97. The van der Waals surface area contributed by atoms with Crippen molar-refractivity contribution in [2.24, 2.45) is 11.8 Å². The molecule has 0 aliphatic heterocycles. The van der Waals surface area contributed by atoms with Gasteiger partial charge in [-0.2, -0.15) is 0 Å². The number of ketones is 1. The van der Waals surface area contributed by atoms with Gasteiger partial charge in [0.15, 0.2) is 0 Å². The zero-order valence-corrected chi connectivity index (χ0v) is 15.2. The molecule has 0 aliphatic rings. The van der Waals surface area contributed by atoms with Crippen molar-refractivity contribution in [1.82, 2.24) is 0 Å². The molecular formula is C21H32O. The molecule has 1 atom stereocenters. The van der Waals surface area contributed by atoms with Crippen LogP contribution in [-0.4, -0.2) is 5.78 Å². The quantitative estimate of drug-likeness (QED) is 0.393. The average Bonchev–Trinajstić information content (AvgIpc) is 2.51. The van der Waals surface area contributed by atoms with Gasteiger partial charge in [0, 0.05) is 12.3 Å². The van der Waals surface area contributed by atoms with Gasteiger partial charge < -0.3 is 0 Å². The smallest absolute Gasteiger partial charge is 0.208 e. The maximum Gasteiger partial charge on any atom is 0.208 e. The van der Waals surface area contributed by atoms with Crippen molar-refractivity contribution in [1.29, 1.82) is 0 Å². The predicted octanol–water partition coefficient (Wildman–Crippen LogP) is 5.60. The van der Waals surface area contributed by atoms with Crippen LogP contribution in [0.5, 0.6) is 0 Å². The Bertz CT molecular complexity index is 488. The fourth-order valence-corrected chi connectivity index (χ4v) is 1.76. The number of rotatable bonds is 5. The van der Waals surface area contributed by atoms with Crippen molar-refractivity contribution in [2.75, 3.05) is 0 Å². The van der Waals surface area contributed by atoms with Crippen LogP contribution in [0.1, 0.15) is 65.0 Å². The molecule has 0 spiro atoms. The van der Waals surface area contributed by atoms with Gasteiger partial charge in [-0.05, 0) is 37.2 Å². The summed E-state index contributed by atoms with van der Waals surface area (Å²) in [6, 6.07) is 8.61. The van der Waals surface area contributed by atoms with E-state index in [1.165, 1.54) is 11.1 Å². The number of Topliss-reactive ketones (excluding diaryl/α,β-unsaturated/α-hetero) is 1. The first-order valence-electron chi connectivity index (χ1n) is 8.50. The molecule has 1 rings (SSSR count). The highest BCUT2D eigenvalue weighted by atomic mass is 16.1. The monoisotopic (exact) mass is 300 g/mol. The van der Waals surface area contributed by atoms with Crippen LogP contribution in [-0.2, 0) is 11.2 Å². The fourth-order valence-electron chi connectivity index (χ4n) is 1.76. The van der Waals surface area contributed by atoms with Crippen LogP contribution in [0.2, 0.25) is 0 Å². The zero-order chi connectivity index (χ0) is 17.0. The zero-order valence-electron chi connectivity index (χ0n) is 15.2. The standard InChI is InChI=1S/C12H20O.C9H12/c1-5-6-7-8-9-12(13)11(4)10(2)3;1-3-9-6-4-5-8(2)7-9/h10-11H,5-7H2,1-4H3;4-7H,3H2,1-2H3. The Labute approximate surface area is 137 Å². The molecule has 0 heterocycles. The molecule has 1 aromatic carbocycles. The van der Waals surface area contributed by atoms with Gasteiger partial charge in [-0.1, -0.05) is 76.8 Å². The molecule has 22 heavy (non-hydrogen) atoms. The number of carbonyl (C=O) groups excluding carboxylic acids is 1. The van der Waals surface area contributed by atoms with Crippen molar-refractivity contribution in [2.45, 2.75) is 67.2 Å². The third kappa shape index (κ3) is 9.40. The van der Waals surface area contributed by atoms with Gasteiger partial charge in [-0.15, -0.1) is 0 Å². The highest BCUT2D eigenvalue weighted by Gasteiger charge is 2.13. The Kier molecular flexibility index (Phi) is 11.2. The topological polar surface area (TPSA) is 17.1 Å². The summed E-state index contributed by atoms with van der Waals surface area (Å²) in [5.41, 5.74) is 2.78. The van der Waals surface area contributed by atoms with Crippen LogP contribution in [0.4, 0.5) is 0 Å². The lowest BCUT2D eigenvalue weighted by Gasteiger charge is -2.09. The first-order chi connectivity index (χ1) is 10.4. The number of unbranched alkanes of at least 4 members (excludes halogenated alkanes) is 2. The van der Waals surface area contributed by atoms with Crippen molar-refractivity contribution >= 4 is 5.78 Å². The molecule has 1 aromatic rings. The highest BCUT2D eigenvalue weighted by Crippen LogP contribution is 2.09. The molecule has 0 bridgehead atoms. The summed E-state index contributed by atoms with van der Waals surface area (Å²) in [6.07, 6.45) is 4.23. The Hall–Kier alpha value is -1.55. The minimum Gasteiger partial charge on any atom is -0.285 e. The molecule has 0 saturated carbocycles. The molecular weight excluding hydrogens is 268 g/mol. The summed E-state index contributed by atoms with van der Waals surface area (Å²) in [6.45, 7) is 12.5. The van der Waals surface area contributed by atoms with Crippen molar-refractivity contribution in [3.8, 4) is 11.8 Å². The lowest BCUT2D eigenvalue weighted by molar-refractivity contribution is -0.118. The van der Waals surface area contributed by atoms with E-state index in [1.807, 2.05) is 6.92 Å². The van der Waals surface area contributed by atoms with E-state index in [9.17, 15) is 4.79 Å². The number of hydrogen-bond acceptors (Lipinski definition) is 1. The number of aryl methyl sites for hydroxylation is 2. The minimum atomic E-state index is 0.0779. The molecule has 122 valence electrons. The second kappa shape index (κ2) is 12.0. The lowest BCUT2D eigenvalue weighted by Crippen LogP contribution is -2.14. The van der Waals surface area contributed by atoms with E-state index in [0.29, 0.717) is 5.92 Å². The number of carbonyl (C=O) groups is 1. The van der Waals surface area contributed by atoms with E-state index >= 15 is 0 Å². The molecule has 0 fully saturated rings. The van der Waals surface area contributed by atoms with Gasteiger partial charge in [0.1, 0.15) is 0 Å². The molecule has 0 saturated heterocycles. The predicted molar refractivity (Wildman–Crippen MR) is 96.9 cm³/mol. The van der Waals surface area contributed by atoms with Crippen LogP contribution in [0, 0.1) is 30.6 Å². The normalized spacial score (nSPS) is 11.0. The summed E-state index contributed by atoms with van der Waals surface area (Å²) in [7, 11) is 0. The van der Waals surface area contributed by atoms with Crippen LogP contribution >= 0.6 is 0 Å². The van der Waals surface area contributed by atoms with Crippen LogP contribution in [0.15, 0.2) is 24.3 Å². The van der Waals surface area contributed by atoms with Crippen LogP contribution in [0.3, 0.4) is 0 Å². The largest absolute Gasteiger partial charge is 0.285 e. The summed E-state index contributed by atoms with van der Waals surface area (Å²) in [5.74, 6) is 6.20. The maximum absolute atomic E-state index is 11.4. The molecule has 0 aromatic heterocycles. The molecule has 1 unspecified atom stereocenters. The van der Waals surface area contributed by atoms with E-state index < -0.39 is 0 Å². The molecule has 1 heteroatoms. The Morgan fingerprint density at radius 2 is 1.86 bits per heavy atom. The van der Waals surface area contributed by atoms with E-state index in [2.05, 4.69) is 70.7 Å². The summed E-state index contributed by atoms with van der Waals surface area (Å²) in [4.78, 5) is 11.4. The Morgan fingerprint density at radius 3 is 2.32 bits per heavy atom. The van der Waals surface area contributed by atoms with Gasteiger partial charge in [0.25, 0.3) is 0 Å². The van der Waals surface area contributed by atoms with E-state index in [4.69, 9.17) is 0 Å². The van der Waals surface area contributed by atoms with Gasteiger partial charge in [-0.25, -0.2) is 0 Å². The Morgan fingerprint density at radius 1 is 1.18 bits per heavy atom. The number of hydrogen-bond donors (Lipinski definition) is 0. The molecule has 0 N–H and O–H groups in total. The maximum atomic E-state index is 11.4. The third-order valence-electron chi connectivity index (χ3n) is 3.77. The second-order valence-corrected chi connectivity index (χ2v) is 6.14. The number of benzene rings is 1. The Balaban J connectivity index is 0.000000425. The van der Waals surface area contributed by atoms with Crippen LogP contribution < -0.4 is 0 Å². The minimum absolute atomic E-state index is 0.0779. The van der Waals surface area contributed by atoms with Gasteiger partial charge in [0.2, 0.25) is 5.78 Å². The van der Waals surface area contributed by atoms with Gasteiger partial charge in [-0.3, -0.25) is 4.79 Å². The van der Waals surface area contributed by atoms with E-state index in [-0.39, 0.29) is 11.7 Å². The van der Waals surface area contributed by atoms with Crippen molar-refractivity contribution in [3.05, 3.63) is 35.4 Å². The second-order valence-electron chi connectivity index (χ2n) is 6.14. The first kappa shape index (κ1) is 20.5. The molecule has 1 nitrogen and oxygen atoms in total. The first-order valence-corrected chi connectivity index (χ1v) is 8.50. The van der Waals surface area contributed by atoms with E-state index in [1.54, 1.807) is 0 Å². The SMILES string of the molecule is CCCCC#CC(=O)C(C)C(C)C.CCc1cccc(C)c1. The van der Waals surface area contributed by atoms with Crippen molar-refractivity contribution in [3.63, 3.8) is 0 Å².